The maximum absolute atomic E-state index is 12.3. The zero-order chi connectivity index (χ0) is 16.2. The summed E-state index contributed by atoms with van der Waals surface area (Å²) in [7, 11) is 1.82. The summed E-state index contributed by atoms with van der Waals surface area (Å²) in [6.07, 6.45) is 11.1. The minimum atomic E-state index is -0.140. The van der Waals surface area contributed by atoms with Crippen LogP contribution in [0, 0.1) is 5.92 Å². The smallest absolute Gasteiger partial charge is 0.317 e. The van der Waals surface area contributed by atoms with Crippen LogP contribution in [0.1, 0.15) is 19.3 Å². The summed E-state index contributed by atoms with van der Waals surface area (Å²) in [4.78, 5) is 27.8. The minimum absolute atomic E-state index is 0.0694. The van der Waals surface area contributed by atoms with Crippen molar-refractivity contribution in [2.45, 2.75) is 19.3 Å². The van der Waals surface area contributed by atoms with Crippen LogP contribution >= 0.6 is 0 Å². The fourth-order valence-corrected chi connectivity index (χ4v) is 3.05. The van der Waals surface area contributed by atoms with Crippen LogP contribution in [-0.2, 0) is 11.8 Å². The number of aromatic nitrogens is 2. The van der Waals surface area contributed by atoms with Crippen molar-refractivity contribution in [3.05, 3.63) is 24.5 Å². The fraction of sp³-hybridized carbons (Fsp3) is 0.562. The molecule has 1 N–H and O–H groups in total. The van der Waals surface area contributed by atoms with Gasteiger partial charge in [-0.25, -0.2) is 4.79 Å². The molecular formula is C16H23N5O2. The van der Waals surface area contributed by atoms with Crippen molar-refractivity contribution in [2.75, 3.05) is 31.1 Å². The van der Waals surface area contributed by atoms with Crippen molar-refractivity contribution in [3.8, 4) is 0 Å². The summed E-state index contributed by atoms with van der Waals surface area (Å²) < 4.78 is 1.67. The molecule has 1 atom stereocenters. The Balaban J connectivity index is 1.49. The van der Waals surface area contributed by atoms with Gasteiger partial charge in [0.2, 0.25) is 5.91 Å². The first-order valence-corrected chi connectivity index (χ1v) is 8.10. The average molecular weight is 317 g/mol. The van der Waals surface area contributed by atoms with Gasteiger partial charge < -0.3 is 15.1 Å². The molecule has 3 amide bonds. The molecule has 1 aromatic rings. The highest BCUT2D eigenvalue weighted by Gasteiger charge is 2.28. The SMILES string of the molecule is Cn1cc(N2CCN(C(=O)NCC3CC=CCC3)CC2=O)cn1. The number of hydrogen-bond acceptors (Lipinski definition) is 3. The third-order valence-electron chi connectivity index (χ3n) is 4.43. The van der Waals surface area contributed by atoms with E-state index in [1.165, 1.54) is 0 Å². The standard InChI is InChI=1S/C16H23N5O2/c1-19-11-14(10-18-19)21-8-7-20(12-15(21)22)16(23)17-9-13-5-3-2-4-6-13/h2-3,10-11,13H,4-9,12H2,1H3,(H,17,23). The fourth-order valence-electron chi connectivity index (χ4n) is 3.05. The highest BCUT2D eigenvalue weighted by molar-refractivity contribution is 5.97. The molecule has 23 heavy (non-hydrogen) atoms. The van der Waals surface area contributed by atoms with Crippen LogP contribution in [0.2, 0.25) is 0 Å². The Morgan fingerprint density at radius 3 is 2.91 bits per heavy atom. The summed E-state index contributed by atoms with van der Waals surface area (Å²) in [6.45, 7) is 1.84. The van der Waals surface area contributed by atoms with Crippen LogP contribution in [0.5, 0.6) is 0 Å². The number of amides is 3. The van der Waals surface area contributed by atoms with Crippen LogP contribution in [0.3, 0.4) is 0 Å². The minimum Gasteiger partial charge on any atom is -0.338 e. The van der Waals surface area contributed by atoms with Gasteiger partial charge in [-0.1, -0.05) is 12.2 Å². The Hall–Kier alpha value is -2.31. The van der Waals surface area contributed by atoms with E-state index in [0.717, 1.165) is 24.9 Å². The van der Waals surface area contributed by atoms with Gasteiger partial charge in [0.15, 0.2) is 0 Å². The Labute approximate surface area is 135 Å². The highest BCUT2D eigenvalue weighted by atomic mass is 16.2. The summed E-state index contributed by atoms with van der Waals surface area (Å²) in [5.41, 5.74) is 0.784. The van der Waals surface area contributed by atoms with Crippen LogP contribution in [0.4, 0.5) is 10.5 Å². The van der Waals surface area contributed by atoms with E-state index >= 15 is 0 Å². The molecule has 3 rings (SSSR count). The van der Waals surface area contributed by atoms with Crippen LogP contribution < -0.4 is 10.2 Å². The molecule has 1 unspecified atom stereocenters. The van der Waals surface area contributed by atoms with E-state index < -0.39 is 0 Å². The Morgan fingerprint density at radius 1 is 1.39 bits per heavy atom. The number of hydrogen-bond donors (Lipinski definition) is 1. The monoisotopic (exact) mass is 317 g/mol. The Morgan fingerprint density at radius 2 is 2.26 bits per heavy atom. The topological polar surface area (TPSA) is 70.5 Å². The summed E-state index contributed by atoms with van der Waals surface area (Å²) in [5.74, 6) is 0.441. The van der Waals surface area contributed by atoms with Crippen molar-refractivity contribution >= 4 is 17.6 Å². The van der Waals surface area contributed by atoms with Gasteiger partial charge in [0, 0.05) is 32.9 Å². The molecule has 0 saturated carbocycles. The first-order valence-electron chi connectivity index (χ1n) is 8.10. The molecule has 0 radical (unpaired) electrons. The third-order valence-corrected chi connectivity index (χ3v) is 4.43. The number of anilines is 1. The molecular weight excluding hydrogens is 294 g/mol. The maximum atomic E-state index is 12.3. The molecule has 0 aromatic carbocycles. The van der Waals surface area contributed by atoms with E-state index in [2.05, 4.69) is 22.6 Å². The maximum Gasteiger partial charge on any atom is 0.317 e. The predicted octanol–water partition coefficient (Wildman–Crippen LogP) is 1.13. The van der Waals surface area contributed by atoms with Crippen LogP contribution in [-0.4, -0.2) is 52.8 Å². The Kier molecular flexibility index (Phi) is 4.64. The van der Waals surface area contributed by atoms with Gasteiger partial charge in [0.1, 0.15) is 6.54 Å². The molecule has 2 aliphatic rings. The van der Waals surface area contributed by atoms with Crippen LogP contribution in [0.15, 0.2) is 24.5 Å². The largest absolute Gasteiger partial charge is 0.338 e. The lowest BCUT2D eigenvalue weighted by atomic mass is 9.94. The first-order chi connectivity index (χ1) is 11.1. The van der Waals surface area contributed by atoms with Gasteiger partial charge in [0.25, 0.3) is 0 Å². The quantitative estimate of drug-likeness (QED) is 0.850. The predicted molar refractivity (Wildman–Crippen MR) is 87.0 cm³/mol. The summed E-state index contributed by atoms with van der Waals surface area (Å²) in [6, 6.07) is -0.140. The molecule has 1 fully saturated rings. The zero-order valence-electron chi connectivity index (χ0n) is 13.4. The number of aryl methyl sites for hydroxylation is 1. The normalized spacial score (nSPS) is 21.6. The Bertz CT molecular complexity index is 609. The van der Waals surface area contributed by atoms with Gasteiger partial charge in [-0.05, 0) is 25.2 Å². The molecule has 7 heteroatoms. The van der Waals surface area contributed by atoms with E-state index in [4.69, 9.17) is 0 Å². The zero-order valence-corrected chi connectivity index (χ0v) is 13.4. The lowest BCUT2D eigenvalue weighted by molar-refractivity contribution is -0.120. The van der Waals surface area contributed by atoms with E-state index in [0.29, 0.717) is 25.6 Å². The average Bonchev–Trinajstić information content (AvgIpc) is 2.99. The number of urea groups is 1. The van der Waals surface area contributed by atoms with Crippen LogP contribution in [0.25, 0.3) is 0 Å². The van der Waals surface area contributed by atoms with Gasteiger partial charge in [0.05, 0.1) is 11.9 Å². The summed E-state index contributed by atoms with van der Waals surface area (Å²) in [5, 5.41) is 7.05. The second kappa shape index (κ2) is 6.85. The molecule has 1 aromatic heterocycles. The lowest BCUT2D eigenvalue weighted by Crippen LogP contribution is -2.55. The molecule has 1 saturated heterocycles. The second-order valence-corrected chi connectivity index (χ2v) is 6.18. The number of piperazine rings is 1. The number of carbonyl (C=O) groups excluding carboxylic acids is 2. The first kappa shape index (κ1) is 15.6. The van der Waals surface area contributed by atoms with Gasteiger partial charge in [-0.2, -0.15) is 5.10 Å². The highest BCUT2D eigenvalue weighted by Crippen LogP contribution is 2.18. The van der Waals surface area contributed by atoms with Gasteiger partial charge >= 0.3 is 6.03 Å². The second-order valence-electron chi connectivity index (χ2n) is 6.18. The summed E-state index contributed by atoms with van der Waals surface area (Å²) >= 11 is 0. The van der Waals surface area contributed by atoms with Crippen molar-refractivity contribution < 1.29 is 9.59 Å². The van der Waals surface area contributed by atoms with Gasteiger partial charge in [-0.15, -0.1) is 0 Å². The van der Waals surface area contributed by atoms with E-state index in [-0.39, 0.29) is 18.5 Å². The van der Waals surface area contributed by atoms with E-state index in [1.54, 1.807) is 20.7 Å². The molecule has 1 aliphatic carbocycles. The molecule has 7 nitrogen and oxygen atoms in total. The molecule has 1 aliphatic heterocycles. The van der Waals surface area contributed by atoms with Crippen molar-refractivity contribution in [3.63, 3.8) is 0 Å². The molecule has 0 bridgehead atoms. The molecule has 124 valence electrons. The number of allylic oxidation sites excluding steroid dienone is 2. The molecule has 2 heterocycles. The van der Waals surface area contributed by atoms with E-state index in [9.17, 15) is 9.59 Å². The van der Waals surface area contributed by atoms with E-state index in [1.807, 2.05) is 13.2 Å². The van der Waals surface area contributed by atoms with Crippen molar-refractivity contribution in [1.29, 1.82) is 0 Å². The number of rotatable bonds is 3. The number of carbonyl (C=O) groups is 2. The number of nitrogens with one attached hydrogen (secondary N) is 1. The van der Waals surface area contributed by atoms with Gasteiger partial charge in [-0.3, -0.25) is 9.48 Å². The molecule has 0 spiro atoms. The third kappa shape index (κ3) is 3.72. The number of nitrogens with zero attached hydrogens (tertiary/aromatic N) is 4. The van der Waals surface area contributed by atoms with Crippen molar-refractivity contribution in [1.82, 2.24) is 20.0 Å². The van der Waals surface area contributed by atoms with Crippen molar-refractivity contribution in [2.24, 2.45) is 13.0 Å². The lowest BCUT2D eigenvalue weighted by Gasteiger charge is -2.33.